The van der Waals surface area contributed by atoms with Gasteiger partial charge in [-0.2, -0.15) is 0 Å². The second-order valence-electron chi connectivity index (χ2n) is 6.40. The Bertz CT molecular complexity index is 1130. The Kier molecular flexibility index (Phi) is 6.58. The molecule has 8 heteroatoms. The van der Waals surface area contributed by atoms with E-state index in [2.05, 4.69) is 10.6 Å². The molecule has 0 fully saturated rings. The third-order valence-corrected chi connectivity index (χ3v) is 6.03. The Morgan fingerprint density at radius 3 is 1.97 bits per heavy atom. The summed E-state index contributed by atoms with van der Waals surface area (Å²) < 4.78 is 38.1. The Hall–Kier alpha value is -3.52. The second-order valence-corrected chi connectivity index (χ2v) is 8.35. The van der Waals surface area contributed by atoms with Crippen LogP contribution in [0.1, 0.15) is 16.8 Å². The fraction of sp³-hybridized carbons (Fsp3) is 0.0909. The molecule has 0 saturated heterocycles. The topological polar surface area (TPSA) is 92.3 Å². The van der Waals surface area contributed by atoms with Crippen LogP contribution in [0.3, 0.4) is 0 Å². The van der Waals surface area contributed by atoms with Gasteiger partial charge in [0.05, 0.1) is 9.79 Å². The number of carbonyl (C=O) groups excluding carboxylic acids is 2. The molecule has 0 saturated carbocycles. The van der Waals surface area contributed by atoms with Gasteiger partial charge in [0.1, 0.15) is 5.82 Å². The van der Waals surface area contributed by atoms with Gasteiger partial charge < -0.3 is 10.6 Å². The van der Waals surface area contributed by atoms with Crippen molar-refractivity contribution in [2.45, 2.75) is 16.2 Å². The van der Waals surface area contributed by atoms with Crippen molar-refractivity contribution >= 4 is 27.3 Å². The lowest BCUT2D eigenvalue weighted by atomic mass is 10.2. The van der Waals surface area contributed by atoms with Crippen LogP contribution in [0, 0.1) is 5.82 Å². The Morgan fingerprint density at radius 2 is 1.37 bits per heavy atom. The Balaban J connectivity index is 1.54. The van der Waals surface area contributed by atoms with Gasteiger partial charge >= 0.3 is 0 Å². The van der Waals surface area contributed by atoms with Gasteiger partial charge in [0.2, 0.25) is 15.7 Å². The monoisotopic (exact) mass is 426 g/mol. The highest BCUT2D eigenvalue weighted by atomic mass is 32.2. The number of anilines is 1. The minimum absolute atomic E-state index is 0.0187. The first-order valence-electron chi connectivity index (χ1n) is 9.10. The molecule has 2 amide bonds. The number of carbonyl (C=O) groups is 2. The van der Waals surface area contributed by atoms with Crippen molar-refractivity contribution in [3.63, 3.8) is 0 Å². The number of hydrogen-bond donors (Lipinski definition) is 2. The van der Waals surface area contributed by atoms with Crippen LogP contribution < -0.4 is 10.6 Å². The lowest BCUT2D eigenvalue weighted by molar-refractivity contribution is -0.116. The number of benzene rings is 3. The highest BCUT2D eigenvalue weighted by Gasteiger charge is 2.17. The van der Waals surface area contributed by atoms with E-state index in [1.165, 1.54) is 36.4 Å². The van der Waals surface area contributed by atoms with E-state index in [1.54, 1.807) is 30.3 Å². The maximum atomic E-state index is 13.0. The van der Waals surface area contributed by atoms with E-state index < -0.39 is 15.7 Å². The largest absolute Gasteiger partial charge is 0.352 e. The Morgan fingerprint density at radius 1 is 0.800 bits per heavy atom. The van der Waals surface area contributed by atoms with Gasteiger partial charge in [-0.05, 0) is 60.7 Å². The normalized spacial score (nSPS) is 11.0. The van der Waals surface area contributed by atoms with Crippen molar-refractivity contribution in [3.8, 4) is 0 Å². The molecule has 0 radical (unpaired) electrons. The molecular weight excluding hydrogens is 407 g/mol. The van der Waals surface area contributed by atoms with Crippen molar-refractivity contribution in [1.82, 2.24) is 5.32 Å². The molecule has 0 aromatic heterocycles. The molecule has 2 N–H and O–H groups in total. The van der Waals surface area contributed by atoms with Gasteiger partial charge in [0.15, 0.2) is 0 Å². The van der Waals surface area contributed by atoms with Crippen molar-refractivity contribution in [3.05, 3.63) is 90.2 Å². The first kappa shape index (κ1) is 21.2. The predicted octanol–water partition coefficient (Wildman–Crippen LogP) is 3.42. The molecule has 30 heavy (non-hydrogen) atoms. The first-order chi connectivity index (χ1) is 14.4. The van der Waals surface area contributed by atoms with Gasteiger partial charge in [0, 0.05) is 24.2 Å². The summed E-state index contributed by atoms with van der Waals surface area (Å²) in [5.74, 6) is -1.11. The highest BCUT2D eigenvalue weighted by molar-refractivity contribution is 7.91. The van der Waals surface area contributed by atoms with Crippen LogP contribution in [-0.2, 0) is 14.6 Å². The van der Waals surface area contributed by atoms with Crippen LogP contribution in [0.5, 0.6) is 0 Å². The molecule has 3 rings (SSSR count). The quantitative estimate of drug-likeness (QED) is 0.567. The SMILES string of the molecule is O=C(CCNC(=O)c1ccccc1)Nc1ccc(S(=O)(=O)c2ccc(F)cc2)cc1. The molecule has 0 heterocycles. The predicted molar refractivity (Wildman–Crippen MR) is 110 cm³/mol. The number of amides is 2. The van der Waals surface area contributed by atoms with Gasteiger partial charge in [-0.3, -0.25) is 9.59 Å². The van der Waals surface area contributed by atoms with E-state index in [0.29, 0.717) is 11.3 Å². The zero-order valence-corrected chi connectivity index (χ0v) is 16.7. The van der Waals surface area contributed by atoms with Crippen LogP contribution in [0.25, 0.3) is 0 Å². The van der Waals surface area contributed by atoms with Crippen LogP contribution in [0.4, 0.5) is 10.1 Å². The summed E-state index contributed by atoms with van der Waals surface area (Å²) in [4.78, 5) is 24.0. The van der Waals surface area contributed by atoms with Crippen molar-refractivity contribution in [1.29, 1.82) is 0 Å². The molecule has 0 atom stereocenters. The summed E-state index contributed by atoms with van der Waals surface area (Å²) in [5, 5.41) is 5.31. The van der Waals surface area contributed by atoms with Crippen LogP contribution in [0.15, 0.2) is 88.7 Å². The zero-order chi connectivity index (χ0) is 21.6. The second kappa shape index (κ2) is 9.32. The van der Waals surface area contributed by atoms with E-state index in [4.69, 9.17) is 0 Å². The summed E-state index contributed by atoms with van der Waals surface area (Å²) in [6.07, 6.45) is 0.0637. The van der Waals surface area contributed by atoms with Crippen LogP contribution in [0.2, 0.25) is 0 Å². The van der Waals surface area contributed by atoms with Crippen LogP contribution in [-0.4, -0.2) is 26.8 Å². The van der Waals surface area contributed by atoms with Gasteiger partial charge in [0.25, 0.3) is 5.91 Å². The highest BCUT2D eigenvalue weighted by Crippen LogP contribution is 2.22. The summed E-state index contributed by atoms with van der Waals surface area (Å²) in [6.45, 7) is 0.163. The molecule has 3 aromatic carbocycles. The fourth-order valence-electron chi connectivity index (χ4n) is 2.67. The molecule has 0 bridgehead atoms. The molecule has 0 spiro atoms. The van der Waals surface area contributed by atoms with E-state index in [-0.39, 0.29) is 34.6 Å². The summed E-state index contributed by atoms with van der Waals surface area (Å²) >= 11 is 0. The first-order valence-corrected chi connectivity index (χ1v) is 10.6. The number of nitrogens with one attached hydrogen (secondary N) is 2. The lowest BCUT2D eigenvalue weighted by Gasteiger charge is -2.08. The van der Waals surface area contributed by atoms with Crippen molar-refractivity contribution in [2.24, 2.45) is 0 Å². The minimum atomic E-state index is -3.78. The van der Waals surface area contributed by atoms with E-state index in [9.17, 15) is 22.4 Å². The molecule has 0 aliphatic carbocycles. The number of rotatable bonds is 7. The average molecular weight is 426 g/mol. The molecule has 3 aromatic rings. The third-order valence-electron chi connectivity index (χ3n) is 4.25. The maximum Gasteiger partial charge on any atom is 0.251 e. The van der Waals surface area contributed by atoms with E-state index in [0.717, 1.165) is 12.1 Å². The van der Waals surface area contributed by atoms with Crippen molar-refractivity contribution in [2.75, 3.05) is 11.9 Å². The fourth-order valence-corrected chi connectivity index (χ4v) is 3.93. The maximum absolute atomic E-state index is 13.0. The molecule has 0 aliphatic heterocycles. The minimum Gasteiger partial charge on any atom is -0.352 e. The smallest absolute Gasteiger partial charge is 0.251 e. The standard InChI is InChI=1S/C22H19FN2O4S/c23-17-6-10-19(11-7-17)30(28,29)20-12-8-18(9-13-20)25-21(26)14-15-24-22(27)16-4-2-1-3-5-16/h1-13H,14-15H2,(H,24,27)(H,25,26). The van der Waals surface area contributed by atoms with Crippen molar-refractivity contribution < 1.29 is 22.4 Å². The average Bonchev–Trinajstić information content (AvgIpc) is 2.75. The molecule has 0 aliphatic rings. The van der Waals surface area contributed by atoms with Gasteiger partial charge in [-0.25, -0.2) is 12.8 Å². The van der Waals surface area contributed by atoms with Gasteiger partial charge in [-0.1, -0.05) is 18.2 Å². The van der Waals surface area contributed by atoms with E-state index in [1.807, 2.05) is 0 Å². The van der Waals surface area contributed by atoms with Crippen LogP contribution >= 0.6 is 0 Å². The van der Waals surface area contributed by atoms with Gasteiger partial charge in [-0.15, -0.1) is 0 Å². The molecule has 0 unspecified atom stereocenters. The molecule has 6 nitrogen and oxygen atoms in total. The Labute approximate surface area is 173 Å². The zero-order valence-electron chi connectivity index (χ0n) is 15.8. The number of halogens is 1. The summed E-state index contributed by atoms with van der Waals surface area (Å²) in [5.41, 5.74) is 0.934. The summed E-state index contributed by atoms with van der Waals surface area (Å²) in [7, 11) is -3.78. The molecular formula is C22H19FN2O4S. The third kappa shape index (κ3) is 5.30. The molecule has 154 valence electrons. The number of sulfone groups is 1. The lowest BCUT2D eigenvalue weighted by Crippen LogP contribution is -2.27. The number of hydrogen-bond acceptors (Lipinski definition) is 4. The van der Waals surface area contributed by atoms with E-state index >= 15 is 0 Å². The summed E-state index contributed by atoms with van der Waals surface area (Å²) in [6, 6.07) is 18.9.